The van der Waals surface area contributed by atoms with Crippen LogP contribution in [0.25, 0.3) is 0 Å². The van der Waals surface area contributed by atoms with Crippen LogP contribution in [-0.2, 0) is 0 Å². The minimum atomic E-state index is -0.222. The van der Waals surface area contributed by atoms with Gasteiger partial charge in [0.2, 0.25) is 5.75 Å². The number of nitrogens with zero attached hydrogens (tertiary/aromatic N) is 1. The Morgan fingerprint density at radius 3 is 2.13 bits per heavy atom. The van der Waals surface area contributed by atoms with Crippen LogP contribution in [0.4, 0.5) is 0 Å². The van der Waals surface area contributed by atoms with E-state index in [1.165, 1.54) is 21.3 Å². The predicted molar refractivity (Wildman–Crippen MR) is 116 cm³/mol. The summed E-state index contributed by atoms with van der Waals surface area (Å²) in [6, 6.07) is 10.5. The van der Waals surface area contributed by atoms with E-state index in [1.54, 1.807) is 29.2 Å². The SMILES string of the molecule is COc1cc(C(=O)NC2CCN(C(=O)c3ccccc3S)CC2)cc(OC)c1OC. The minimum absolute atomic E-state index is 0.0214. The molecule has 0 aliphatic carbocycles. The third-order valence-electron chi connectivity index (χ3n) is 5.18. The van der Waals surface area contributed by atoms with E-state index in [2.05, 4.69) is 17.9 Å². The Balaban J connectivity index is 1.63. The second-order valence-corrected chi connectivity index (χ2v) is 7.45. The zero-order valence-electron chi connectivity index (χ0n) is 17.3. The predicted octanol–water partition coefficient (Wildman–Crippen LogP) is 3.04. The molecule has 0 aromatic heterocycles. The van der Waals surface area contributed by atoms with Crippen molar-refractivity contribution in [3.63, 3.8) is 0 Å². The second kappa shape index (κ2) is 9.75. The molecule has 1 aliphatic rings. The number of ether oxygens (including phenoxy) is 3. The summed E-state index contributed by atoms with van der Waals surface area (Å²) in [5.41, 5.74) is 1.02. The van der Waals surface area contributed by atoms with Gasteiger partial charge in [-0.2, -0.15) is 0 Å². The highest BCUT2D eigenvalue weighted by molar-refractivity contribution is 7.80. The molecule has 2 amide bonds. The smallest absolute Gasteiger partial charge is 0.254 e. The number of amides is 2. The van der Waals surface area contributed by atoms with Gasteiger partial charge in [-0.15, -0.1) is 12.6 Å². The normalized spacial score (nSPS) is 14.2. The van der Waals surface area contributed by atoms with Gasteiger partial charge in [0.1, 0.15) is 0 Å². The molecule has 1 fully saturated rings. The van der Waals surface area contributed by atoms with Gasteiger partial charge in [0, 0.05) is 29.6 Å². The van der Waals surface area contributed by atoms with Gasteiger partial charge >= 0.3 is 0 Å². The Bertz CT molecular complexity index is 900. The topological polar surface area (TPSA) is 77.1 Å². The van der Waals surface area contributed by atoms with Crippen molar-refractivity contribution in [2.75, 3.05) is 34.4 Å². The Hall–Kier alpha value is -2.87. The molecule has 160 valence electrons. The molecule has 1 aliphatic heterocycles. The standard InChI is InChI=1S/C22H26N2O5S/c1-27-17-12-14(13-18(28-2)20(17)29-3)21(25)23-15-8-10-24(11-9-15)22(26)16-6-4-5-7-19(16)30/h4-7,12-13,15,30H,8-11H2,1-3H3,(H,23,25). The Morgan fingerprint density at radius 1 is 1.00 bits per heavy atom. The molecular weight excluding hydrogens is 404 g/mol. The lowest BCUT2D eigenvalue weighted by molar-refractivity contribution is 0.0694. The molecule has 0 radical (unpaired) electrons. The van der Waals surface area contributed by atoms with Crippen molar-refractivity contribution in [1.29, 1.82) is 0 Å². The summed E-state index contributed by atoms with van der Waals surface area (Å²) in [5, 5.41) is 3.04. The van der Waals surface area contributed by atoms with Crippen molar-refractivity contribution >= 4 is 24.4 Å². The molecule has 0 saturated carbocycles. The zero-order valence-corrected chi connectivity index (χ0v) is 18.2. The van der Waals surface area contributed by atoms with Gasteiger partial charge in [-0.3, -0.25) is 9.59 Å². The lowest BCUT2D eigenvalue weighted by Crippen LogP contribution is -2.46. The largest absolute Gasteiger partial charge is 0.493 e. The van der Waals surface area contributed by atoms with Gasteiger partial charge in [-0.1, -0.05) is 12.1 Å². The minimum Gasteiger partial charge on any atom is -0.493 e. The number of carbonyl (C=O) groups excluding carboxylic acids is 2. The van der Waals surface area contributed by atoms with E-state index >= 15 is 0 Å². The maximum absolute atomic E-state index is 12.8. The maximum atomic E-state index is 12.8. The first-order chi connectivity index (χ1) is 14.5. The molecule has 30 heavy (non-hydrogen) atoms. The highest BCUT2D eigenvalue weighted by Gasteiger charge is 2.26. The van der Waals surface area contributed by atoms with Crippen LogP contribution >= 0.6 is 12.6 Å². The fourth-order valence-corrected chi connectivity index (χ4v) is 3.79. The second-order valence-electron chi connectivity index (χ2n) is 6.97. The molecule has 3 rings (SSSR count). The van der Waals surface area contributed by atoms with Crippen LogP contribution in [0.15, 0.2) is 41.3 Å². The number of thiol groups is 1. The van der Waals surface area contributed by atoms with Crippen LogP contribution < -0.4 is 19.5 Å². The molecular formula is C22H26N2O5S. The maximum Gasteiger partial charge on any atom is 0.254 e. The van der Waals surface area contributed by atoms with E-state index in [9.17, 15) is 9.59 Å². The number of rotatable bonds is 6. The van der Waals surface area contributed by atoms with Gasteiger partial charge < -0.3 is 24.4 Å². The van der Waals surface area contributed by atoms with E-state index in [4.69, 9.17) is 14.2 Å². The highest BCUT2D eigenvalue weighted by Crippen LogP contribution is 2.38. The Morgan fingerprint density at radius 2 is 1.60 bits per heavy atom. The van der Waals surface area contributed by atoms with E-state index in [1.807, 2.05) is 12.1 Å². The van der Waals surface area contributed by atoms with Crippen LogP contribution in [0.2, 0.25) is 0 Å². The first-order valence-electron chi connectivity index (χ1n) is 9.66. The van der Waals surface area contributed by atoms with E-state index in [0.717, 1.165) is 0 Å². The summed E-state index contributed by atoms with van der Waals surface area (Å²) in [7, 11) is 4.53. The van der Waals surface area contributed by atoms with Crippen molar-refractivity contribution in [3.05, 3.63) is 47.5 Å². The van der Waals surface area contributed by atoms with Crippen LogP contribution in [0.5, 0.6) is 17.2 Å². The molecule has 2 aromatic carbocycles. The van der Waals surface area contributed by atoms with E-state index < -0.39 is 0 Å². The third-order valence-corrected chi connectivity index (χ3v) is 5.57. The lowest BCUT2D eigenvalue weighted by Gasteiger charge is -2.32. The number of nitrogens with one attached hydrogen (secondary N) is 1. The monoisotopic (exact) mass is 430 g/mol. The van der Waals surface area contributed by atoms with Crippen LogP contribution in [0.1, 0.15) is 33.6 Å². The summed E-state index contributed by atoms with van der Waals surface area (Å²) < 4.78 is 15.9. The van der Waals surface area contributed by atoms with Crippen molar-refractivity contribution in [1.82, 2.24) is 10.2 Å². The van der Waals surface area contributed by atoms with Gasteiger partial charge in [0.15, 0.2) is 11.5 Å². The molecule has 1 heterocycles. The van der Waals surface area contributed by atoms with E-state index in [-0.39, 0.29) is 17.9 Å². The molecule has 0 unspecified atom stereocenters. The quantitative estimate of drug-likeness (QED) is 0.689. The average Bonchev–Trinajstić information content (AvgIpc) is 2.78. The lowest BCUT2D eigenvalue weighted by atomic mass is 10.0. The number of piperidine rings is 1. The van der Waals surface area contributed by atoms with Crippen molar-refractivity contribution in [3.8, 4) is 17.2 Å². The number of benzene rings is 2. The van der Waals surface area contributed by atoms with Crippen LogP contribution in [-0.4, -0.2) is 57.2 Å². The molecule has 0 atom stereocenters. The third kappa shape index (κ3) is 4.64. The fourth-order valence-electron chi connectivity index (χ4n) is 3.53. The van der Waals surface area contributed by atoms with Gasteiger partial charge in [-0.25, -0.2) is 0 Å². The molecule has 1 saturated heterocycles. The summed E-state index contributed by atoms with van der Waals surface area (Å²) in [5.74, 6) is 1.03. The number of hydrogen-bond donors (Lipinski definition) is 2. The number of carbonyl (C=O) groups is 2. The molecule has 0 bridgehead atoms. The van der Waals surface area contributed by atoms with Gasteiger partial charge in [0.05, 0.1) is 26.9 Å². The molecule has 0 spiro atoms. The Kier molecular flexibility index (Phi) is 7.10. The number of hydrogen-bond acceptors (Lipinski definition) is 6. The molecule has 2 aromatic rings. The van der Waals surface area contributed by atoms with Crippen LogP contribution in [0, 0.1) is 0 Å². The molecule has 1 N–H and O–H groups in total. The first-order valence-corrected chi connectivity index (χ1v) is 10.1. The first kappa shape index (κ1) is 21.8. The number of likely N-dealkylation sites (tertiary alicyclic amines) is 1. The highest BCUT2D eigenvalue weighted by atomic mass is 32.1. The van der Waals surface area contributed by atoms with Crippen molar-refractivity contribution in [2.45, 2.75) is 23.8 Å². The molecule has 7 nitrogen and oxygen atoms in total. The average molecular weight is 431 g/mol. The number of methoxy groups -OCH3 is 3. The van der Waals surface area contributed by atoms with Crippen molar-refractivity contribution in [2.24, 2.45) is 0 Å². The van der Waals surface area contributed by atoms with E-state index in [0.29, 0.717) is 59.2 Å². The van der Waals surface area contributed by atoms with Gasteiger partial charge in [0.25, 0.3) is 11.8 Å². The van der Waals surface area contributed by atoms with Crippen molar-refractivity contribution < 1.29 is 23.8 Å². The summed E-state index contributed by atoms with van der Waals surface area (Å²) in [4.78, 5) is 28.0. The van der Waals surface area contributed by atoms with Gasteiger partial charge in [-0.05, 0) is 37.1 Å². The zero-order chi connectivity index (χ0) is 21.7. The Labute approximate surface area is 181 Å². The summed E-state index contributed by atoms with van der Waals surface area (Å²) >= 11 is 4.37. The summed E-state index contributed by atoms with van der Waals surface area (Å²) in [6.07, 6.45) is 1.35. The fraction of sp³-hybridized carbons (Fsp3) is 0.364. The van der Waals surface area contributed by atoms with Crippen LogP contribution in [0.3, 0.4) is 0 Å². The molecule has 8 heteroatoms. The summed E-state index contributed by atoms with van der Waals surface area (Å²) in [6.45, 7) is 1.14.